The van der Waals surface area contributed by atoms with E-state index in [4.69, 9.17) is 4.74 Å². The van der Waals surface area contributed by atoms with Gasteiger partial charge in [-0.2, -0.15) is 5.10 Å². The van der Waals surface area contributed by atoms with Crippen LogP contribution >= 0.6 is 15.9 Å². The van der Waals surface area contributed by atoms with Crippen molar-refractivity contribution in [1.82, 2.24) is 9.78 Å². The molecule has 0 bridgehead atoms. The highest BCUT2D eigenvalue weighted by Gasteiger charge is 2.37. The highest BCUT2D eigenvalue weighted by atomic mass is 79.9. The van der Waals surface area contributed by atoms with Crippen molar-refractivity contribution in [2.45, 2.75) is 38.3 Å². The van der Waals surface area contributed by atoms with E-state index in [-0.39, 0.29) is 6.04 Å². The Labute approximate surface area is 104 Å². The maximum atomic E-state index is 10.7. The molecule has 1 aromatic rings. The summed E-state index contributed by atoms with van der Waals surface area (Å²) >= 11 is 3.47. The molecule has 0 radical (unpaired) electrons. The van der Waals surface area contributed by atoms with Gasteiger partial charge in [0.1, 0.15) is 5.60 Å². The molecule has 1 saturated heterocycles. The monoisotopic (exact) mass is 288 g/mol. The quantitative estimate of drug-likeness (QED) is 0.908. The Hall–Kier alpha value is -0.390. The summed E-state index contributed by atoms with van der Waals surface area (Å²) in [5.74, 6) is 0. The molecule has 1 aliphatic rings. The summed E-state index contributed by atoms with van der Waals surface area (Å²) in [6.45, 7) is 5.33. The lowest BCUT2D eigenvalue weighted by molar-refractivity contribution is -0.0739. The van der Waals surface area contributed by atoms with Crippen LogP contribution in [0, 0.1) is 0 Å². The van der Waals surface area contributed by atoms with Crippen LogP contribution in [0.4, 0.5) is 0 Å². The fourth-order valence-corrected chi connectivity index (χ4v) is 2.76. The molecular weight excluding hydrogens is 272 g/mol. The zero-order valence-corrected chi connectivity index (χ0v) is 11.2. The summed E-state index contributed by atoms with van der Waals surface area (Å²) in [5, 5.41) is 15.0. The standard InChI is InChI=1S/C11H17BrN2O2/c1-8(2)14-10(9(12)7-13-14)11(15)3-5-16-6-4-11/h7-8,15H,3-6H2,1-2H3. The van der Waals surface area contributed by atoms with E-state index in [2.05, 4.69) is 34.9 Å². The van der Waals surface area contributed by atoms with Gasteiger partial charge in [0.05, 0.1) is 16.4 Å². The first kappa shape index (κ1) is 12.1. The van der Waals surface area contributed by atoms with Gasteiger partial charge in [-0.25, -0.2) is 0 Å². The summed E-state index contributed by atoms with van der Waals surface area (Å²) in [6, 6.07) is 0.244. The van der Waals surface area contributed by atoms with Crippen molar-refractivity contribution >= 4 is 15.9 Å². The molecule has 16 heavy (non-hydrogen) atoms. The van der Waals surface area contributed by atoms with Crippen molar-refractivity contribution < 1.29 is 9.84 Å². The zero-order chi connectivity index (χ0) is 11.8. The normalized spacial score (nSPS) is 20.3. The fraction of sp³-hybridized carbons (Fsp3) is 0.727. The van der Waals surface area contributed by atoms with Gasteiger partial charge >= 0.3 is 0 Å². The van der Waals surface area contributed by atoms with Crippen molar-refractivity contribution in [2.75, 3.05) is 13.2 Å². The number of hydrogen-bond acceptors (Lipinski definition) is 3. The maximum absolute atomic E-state index is 10.7. The smallest absolute Gasteiger partial charge is 0.112 e. The van der Waals surface area contributed by atoms with Gasteiger partial charge in [0, 0.05) is 32.1 Å². The average Bonchev–Trinajstić information content (AvgIpc) is 2.62. The number of aromatic nitrogens is 2. The lowest BCUT2D eigenvalue weighted by Crippen LogP contribution is -2.36. The van der Waals surface area contributed by atoms with Crippen LogP contribution in [0.5, 0.6) is 0 Å². The molecule has 0 unspecified atom stereocenters. The lowest BCUT2D eigenvalue weighted by atomic mass is 9.90. The number of halogens is 1. The van der Waals surface area contributed by atoms with E-state index >= 15 is 0 Å². The number of nitrogens with zero attached hydrogens (tertiary/aromatic N) is 2. The minimum atomic E-state index is -0.808. The Morgan fingerprint density at radius 3 is 2.69 bits per heavy atom. The Morgan fingerprint density at radius 1 is 1.50 bits per heavy atom. The maximum Gasteiger partial charge on any atom is 0.112 e. The van der Waals surface area contributed by atoms with Crippen LogP contribution in [0.1, 0.15) is 38.4 Å². The van der Waals surface area contributed by atoms with E-state index in [1.54, 1.807) is 6.20 Å². The molecule has 0 saturated carbocycles. The van der Waals surface area contributed by atoms with Crippen LogP contribution < -0.4 is 0 Å². The van der Waals surface area contributed by atoms with E-state index in [0.717, 1.165) is 10.2 Å². The third-order valence-electron chi connectivity index (χ3n) is 3.00. The predicted octanol–water partition coefficient (Wildman–Crippen LogP) is 2.22. The number of rotatable bonds is 2. The van der Waals surface area contributed by atoms with Gasteiger partial charge in [-0.1, -0.05) is 0 Å². The zero-order valence-electron chi connectivity index (χ0n) is 9.61. The van der Waals surface area contributed by atoms with Crippen LogP contribution in [-0.2, 0) is 10.3 Å². The minimum absolute atomic E-state index is 0.244. The second kappa shape index (κ2) is 4.47. The summed E-state index contributed by atoms with van der Waals surface area (Å²) in [4.78, 5) is 0. The van der Waals surface area contributed by atoms with Crippen molar-refractivity contribution in [3.8, 4) is 0 Å². The first-order valence-corrected chi connectivity index (χ1v) is 6.37. The van der Waals surface area contributed by atoms with Gasteiger partial charge in [0.2, 0.25) is 0 Å². The van der Waals surface area contributed by atoms with Crippen LogP contribution in [-0.4, -0.2) is 28.1 Å². The number of aliphatic hydroxyl groups is 1. The van der Waals surface area contributed by atoms with Crippen LogP contribution in [0.3, 0.4) is 0 Å². The van der Waals surface area contributed by atoms with Crippen molar-refractivity contribution in [1.29, 1.82) is 0 Å². The van der Waals surface area contributed by atoms with Crippen molar-refractivity contribution in [3.05, 3.63) is 16.4 Å². The Morgan fingerprint density at radius 2 is 2.12 bits per heavy atom. The van der Waals surface area contributed by atoms with E-state index < -0.39 is 5.60 Å². The number of ether oxygens (including phenoxy) is 1. The van der Waals surface area contributed by atoms with Gasteiger partial charge in [-0.3, -0.25) is 4.68 Å². The molecule has 4 nitrogen and oxygen atoms in total. The summed E-state index contributed by atoms with van der Waals surface area (Å²) in [5.41, 5.74) is 0.0727. The molecule has 0 aliphatic carbocycles. The van der Waals surface area contributed by atoms with E-state index in [1.165, 1.54) is 0 Å². The van der Waals surface area contributed by atoms with Crippen LogP contribution in [0.15, 0.2) is 10.7 Å². The third-order valence-corrected chi connectivity index (χ3v) is 3.58. The first-order valence-electron chi connectivity index (χ1n) is 5.58. The predicted molar refractivity (Wildman–Crippen MR) is 64.3 cm³/mol. The molecule has 1 aromatic heterocycles. The van der Waals surface area contributed by atoms with E-state index in [9.17, 15) is 5.11 Å². The Balaban J connectivity index is 2.41. The first-order chi connectivity index (χ1) is 7.54. The SMILES string of the molecule is CC(C)n1ncc(Br)c1C1(O)CCOCC1. The molecule has 1 N–H and O–H groups in total. The fourth-order valence-electron chi connectivity index (χ4n) is 2.11. The molecule has 1 fully saturated rings. The summed E-state index contributed by atoms with van der Waals surface area (Å²) < 4.78 is 8.06. The molecule has 2 heterocycles. The molecule has 0 spiro atoms. The van der Waals surface area contributed by atoms with E-state index in [1.807, 2.05) is 4.68 Å². The average molecular weight is 289 g/mol. The van der Waals surface area contributed by atoms with Crippen molar-refractivity contribution in [3.63, 3.8) is 0 Å². The second-order valence-electron chi connectivity index (χ2n) is 4.52. The topological polar surface area (TPSA) is 47.3 Å². The largest absolute Gasteiger partial charge is 0.383 e. The van der Waals surface area contributed by atoms with Gasteiger partial charge in [0.15, 0.2) is 0 Å². The van der Waals surface area contributed by atoms with Gasteiger partial charge in [-0.15, -0.1) is 0 Å². The molecule has 0 amide bonds. The van der Waals surface area contributed by atoms with Crippen LogP contribution in [0.25, 0.3) is 0 Å². The highest BCUT2D eigenvalue weighted by Crippen LogP contribution is 2.37. The molecule has 0 atom stereocenters. The second-order valence-corrected chi connectivity index (χ2v) is 5.38. The molecule has 90 valence electrons. The Bertz CT molecular complexity index is 370. The van der Waals surface area contributed by atoms with Crippen LogP contribution in [0.2, 0.25) is 0 Å². The molecule has 1 aliphatic heterocycles. The number of hydrogen-bond donors (Lipinski definition) is 1. The molecule has 5 heteroatoms. The van der Waals surface area contributed by atoms with Gasteiger partial charge in [-0.05, 0) is 29.8 Å². The summed E-state index contributed by atoms with van der Waals surface area (Å²) in [6.07, 6.45) is 3.01. The Kier molecular flexibility index (Phi) is 3.37. The van der Waals surface area contributed by atoms with Gasteiger partial charge < -0.3 is 9.84 Å². The lowest BCUT2D eigenvalue weighted by Gasteiger charge is -2.33. The third kappa shape index (κ3) is 2.04. The highest BCUT2D eigenvalue weighted by molar-refractivity contribution is 9.10. The van der Waals surface area contributed by atoms with Crippen molar-refractivity contribution in [2.24, 2.45) is 0 Å². The molecular formula is C11H17BrN2O2. The summed E-state index contributed by atoms with van der Waals surface area (Å²) in [7, 11) is 0. The molecule has 0 aromatic carbocycles. The van der Waals surface area contributed by atoms with Gasteiger partial charge in [0.25, 0.3) is 0 Å². The van der Waals surface area contributed by atoms with E-state index in [0.29, 0.717) is 26.1 Å². The minimum Gasteiger partial charge on any atom is -0.383 e. The molecule has 2 rings (SSSR count).